The van der Waals surface area contributed by atoms with Gasteiger partial charge in [-0.05, 0) is 11.8 Å². The van der Waals surface area contributed by atoms with Gasteiger partial charge in [0.05, 0.1) is 9.95 Å². The monoisotopic (exact) mass is 284 g/mol. The molecule has 1 atom stereocenters. The van der Waals surface area contributed by atoms with Crippen molar-refractivity contribution in [3.63, 3.8) is 0 Å². The van der Waals surface area contributed by atoms with Crippen LogP contribution in [0.2, 0.25) is 5.02 Å². The van der Waals surface area contributed by atoms with E-state index in [1.807, 2.05) is 4.90 Å². The molecule has 2 rings (SSSR count). The molecule has 0 aliphatic carbocycles. The minimum atomic E-state index is -0.449. The highest BCUT2D eigenvalue weighted by Crippen LogP contribution is 2.35. The topological polar surface area (TPSA) is 85.3 Å². The van der Waals surface area contributed by atoms with Gasteiger partial charge in [0.1, 0.15) is 0 Å². The molecule has 0 radical (unpaired) electrons. The molecule has 7 heteroatoms. The number of aromatic nitrogens is 1. The van der Waals surface area contributed by atoms with Crippen LogP contribution in [0.1, 0.15) is 20.3 Å². The van der Waals surface area contributed by atoms with Crippen molar-refractivity contribution in [1.29, 1.82) is 0 Å². The van der Waals surface area contributed by atoms with Crippen molar-refractivity contribution < 1.29 is 4.92 Å². The van der Waals surface area contributed by atoms with Crippen molar-refractivity contribution in [3.8, 4) is 0 Å². The average Bonchev–Trinajstić information content (AvgIpc) is 2.32. The van der Waals surface area contributed by atoms with Crippen LogP contribution in [0.4, 0.5) is 11.5 Å². The number of nitro groups is 1. The van der Waals surface area contributed by atoms with Crippen LogP contribution in [0, 0.1) is 15.5 Å². The standard InChI is InChI=1S/C12H17ClN4O2/c1-12(2)7-16(4-3-10(12)14)11-9(17(18)19)5-8(13)6-15-11/h5-6,10H,3-4,7,14H2,1-2H3. The van der Waals surface area contributed by atoms with E-state index in [0.717, 1.165) is 6.42 Å². The van der Waals surface area contributed by atoms with E-state index in [1.165, 1.54) is 12.3 Å². The van der Waals surface area contributed by atoms with Crippen LogP contribution in [0.3, 0.4) is 0 Å². The van der Waals surface area contributed by atoms with Gasteiger partial charge in [0.25, 0.3) is 0 Å². The molecule has 1 unspecified atom stereocenters. The Kier molecular flexibility index (Phi) is 3.64. The van der Waals surface area contributed by atoms with Gasteiger partial charge in [0, 0.05) is 31.4 Å². The Balaban J connectivity index is 2.35. The van der Waals surface area contributed by atoms with Crippen LogP contribution in [0.5, 0.6) is 0 Å². The molecule has 0 amide bonds. The summed E-state index contributed by atoms with van der Waals surface area (Å²) >= 11 is 5.77. The van der Waals surface area contributed by atoms with E-state index < -0.39 is 4.92 Å². The van der Waals surface area contributed by atoms with E-state index in [-0.39, 0.29) is 22.2 Å². The number of halogens is 1. The Hall–Kier alpha value is -1.40. The van der Waals surface area contributed by atoms with Crippen molar-refractivity contribution in [2.45, 2.75) is 26.3 Å². The molecule has 104 valence electrons. The van der Waals surface area contributed by atoms with E-state index in [4.69, 9.17) is 17.3 Å². The molecule has 2 heterocycles. The first-order valence-electron chi connectivity index (χ1n) is 6.12. The Bertz CT molecular complexity index is 507. The number of piperidine rings is 1. The summed E-state index contributed by atoms with van der Waals surface area (Å²) in [5, 5.41) is 11.4. The van der Waals surface area contributed by atoms with Gasteiger partial charge in [-0.2, -0.15) is 0 Å². The quantitative estimate of drug-likeness (QED) is 0.665. The lowest BCUT2D eigenvalue weighted by Gasteiger charge is -2.42. The minimum absolute atomic E-state index is 0.0567. The SMILES string of the molecule is CC1(C)CN(c2ncc(Cl)cc2[N+](=O)[O-])CCC1N. The van der Waals surface area contributed by atoms with Gasteiger partial charge < -0.3 is 10.6 Å². The lowest BCUT2D eigenvalue weighted by atomic mass is 9.79. The summed E-state index contributed by atoms with van der Waals surface area (Å²) < 4.78 is 0. The van der Waals surface area contributed by atoms with Crippen molar-refractivity contribution in [3.05, 3.63) is 27.4 Å². The lowest BCUT2D eigenvalue weighted by molar-refractivity contribution is -0.384. The second-order valence-electron chi connectivity index (χ2n) is 5.56. The maximum absolute atomic E-state index is 11.1. The first kappa shape index (κ1) is 14.0. The molecule has 6 nitrogen and oxygen atoms in total. The zero-order valence-corrected chi connectivity index (χ0v) is 11.7. The van der Waals surface area contributed by atoms with Crippen LogP contribution in [0.25, 0.3) is 0 Å². The Labute approximate surface area is 116 Å². The van der Waals surface area contributed by atoms with Crippen molar-refractivity contribution in [2.75, 3.05) is 18.0 Å². The zero-order chi connectivity index (χ0) is 14.2. The molecule has 1 fully saturated rings. The molecule has 1 aliphatic heterocycles. The highest BCUT2D eigenvalue weighted by Gasteiger charge is 2.36. The van der Waals surface area contributed by atoms with E-state index in [2.05, 4.69) is 18.8 Å². The van der Waals surface area contributed by atoms with Crippen LogP contribution in [0.15, 0.2) is 12.3 Å². The molecule has 19 heavy (non-hydrogen) atoms. The predicted octanol–water partition coefficient (Wildman–Crippen LogP) is 2.21. The fourth-order valence-corrected chi connectivity index (χ4v) is 2.51. The van der Waals surface area contributed by atoms with Gasteiger partial charge >= 0.3 is 5.69 Å². The molecule has 0 aromatic carbocycles. The summed E-state index contributed by atoms with van der Waals surface area (Å²) in [6, 6.07) is 1.43. The highest BCUT2D eigenvalue weighted by molar-refractivity contribution is 6.30. The summed E-state index contributed by atoms with van der Waals surface area (Å²) in [6.07, 6.45) is 2.22. The number of hydrogen-bond donors (Lipinski definition) is 1. The maximum atomic E-state index is 11.1. The van der Waals surface area contributed by atoms with E-state index in [9.17, 15) is 10.1 Å². The molecule has 1 aromatic rings. The summed E-state index contributed by atoms with van der Waals surface area (Å²) in [6.45, 7) is 5.43. The van der Waals surface area contributed by atoms with E-state index in [0.29, 0.717) is 18.9 Å². The van der Waals surface area contributed by atoms with Crippen LogP contribution in [-0.4, -0.2) is 29.0 Å². The predicted molar refractivity (Wildman–Crippen MR) is 74.5 cm³/mol. The lowest BCUT2D eigenvalue weighted by Crippen LogP contribution is -2.52. The number of pyridine rings is 1. The third kappa shape index (κ3) is 2.79. The number of hydrogen-bond acceptors (Lipinski definition) is 5. The number of anilines is 1. The van der Waals surface area contributed by atoms with Gasteiger partial charge in [-0.3, -0.25) is 10.1 Å². The molecular weight excluding hydrogens is 268 g/mol. The Morgan fingerprint density at radius 2 is 2.32 bits per heavy atom. The fourth-order valence-electron chi connectivity index (χ4n) is 2.35. The summed E-state index contributed by atoms with van der Waals surface area (Å²) in [5.41, 5.74) is 5.91. The van der Waals surface area contributed by atoms with E-state index in [1.54, 1.807) is 0 Å². The first-order chi connectivity index (χ1) is 8.81. The molecule has 0 bridgehead atoms. The van der Waals surface area contributed by atoms with Crippen LogP contribution >= 0.6 is 11.6 Å². The molecule has 1 aromatic heterocycles. The van der Waals surface area contributed by atoms with Crippen molar-refractivity contribution in [1.82, 2.24) is 4.98 Å². The van der Waals surface area contributed by atoms with Crippen LogP contribution < -0.4 is 10.6 Å². The van der Waals surface area contributed by atoms with Gasteiger partial charge in [-0.1, -0.05) is 25.4 Å². The maximum Gasteiger partial charge on any atom is 0.313 e. The largest absolute Gasteiger partial charge is 0.350 e. The second-order valence-corrected chi connectivity index (χ2v) is 6.00. The van der Waals surface area contributed by atoms with Gasteiger partial charge in [0.15, 0.2) is 0 Å². The van der Waals surface area contributed by atoms with Gasteiger partial charge in [-0.15, -0.1) is 0 Å². The summed E-state index contributed by atoms with van der Waals surface area (Å²) in [4.78, 5) is 16.7. The smallest absolute Gasteiger partial charge is 0.313 e. The second kappa shape index (κ2) is 4.94. The normalized spacial score (nSPS) is 22.3. The van der Waals surface area contributed by atoms with Crippen molar-refractivity contribution in [2.24, 2.45) is 11.1 Å². The first-order valence-corrected chi connectivity index (χ1v) is 6.49. The molecule has 1 saturated heterocycles. The zero-order valence-electron chi connectivity index (χ0n) is 11.0. The highest BCUT2D eigenvalue weighted by atomic mass is 35.5. The Morgan fingerprint density at radius 1 is 1.63 bits per heavy atom. The molecule has 0 saturated carbocycles. The molecule has 2 N–H and O–H groups in total. The van der Waals surface area contributed by atoms with Crippen molar-refractivity contribution >= 4 is 23.1 Å². The third-order valence-electron chi connectivity index (χ3n) is 3.62. The fraction of sp³-hybridized carbons (Fsp3) is 0.583. The van der Waals surface area contributed by atoms with E-state index >= 15 is 0 Å². The summed E-state index contributed by atoms with van der Waals surface area (Å²) in [7, 11) is 0. The number of nitrogens with two attached hydrogens (primary N) is 1. The number of rotatable bonds is 2. The average molecular weight is 285 g/mol. The molecule has 1 aliphatic rings. The summed E-state index contributed by atoms with van der Waals surface area (Å²) in [5.74, 6) is 0.370. The molecular formula is C12H17ClN4O2. The molecule has 0 spiro atoms. The minimum Gasteiger partial charge on any atom is -0.350 e. The third-order valence-corrected chi connectivity index (χ3v) is 3.83. The van der Waals surface area contributed by atoms with Gasteiger partial charge in [-0.25, -0.2) is 4.98 Å². The Morgan fingerprint density at radius 3 is 2.89 bits per heavy atom. The van der Waals surface area contributed by atoms with Crippen LogP contribution in [-0.2, 0) is 0 Å². The number of nitrogens with zero attached hydrogens (tertiary/aromatic N) is 3. The van der Waals surface area contributed by atoms with Gasteiger partial charge in [0.2, 0.25) is 5.82 Å².